The number of fused-ring (bicyclic) bond motifs is 1. The Morgan fingerprint density at radius 1 is 1.06 bits per heavy atom. The molecule has 4 aromatic rings. The number of phenolic OH excluding ortho intramolecular Hbond substituents is 1. The molecule has 0 bridgehead atoms. The summed E-state index contributed by atoms with van der Waals surface area (Å²) in [6.45, 7) is 2.42. The molecule has 0 aliphatic heterocycles. The highest BCUT2D eigenvalue weighted by Gasteiger charge is 2.24. The molecule has 2 aromatic heterocycles. The number of nitrogens with one attached hydrogen (secondary N) is 1. The number of hydrogen-bond donors (Lipinski definition) is 2. The molecule has 0 radical (unpaired) electrons. The first-order valence-corrected chi connectivity index (χ1v) is 10.1. The largest absolute Gasteiger partial charge is 0.506 e. The molecule has 2 heterocycles. The van der Waals surface area contributed by atoms with Gasteiger partial charge >= 0.3 is 0 Å². The van der Waals surface area contributed by atoms with Gasteiger partial charge < -0.3 is 15.0 Å². The lowest BCUT2D eigenvalue weighted by atomic mass is 10.1. The van der Waals surface area contributed by atoms with Crippen LogP contribution in [0.3, 0.4) is 0 Å². The van der Waals surface area contributed by atoms with E-state index in [2.05, 4.69) is 10.3 Å². The molecule has 0 saturated carbocycles. The highest BCUT2D eigenvalue weighted by molar-refractivity contribution is 6.50. The molecular formula is C23H17Cl2N3O3. The van der Waals surface area contributed by atoms with Gasteiger partial charge in [-0.05, 0) is 24.1 Å². The van der Waals surface area contributed by atoms with Crippen molar-refractivity contribution in [2.45, 2.75) is 13.5 Å². The van der Waals surface area contributed by atoms with Gasteiger partial charge in [-0.1, -0.05) is 59.6 Å². The van der Waals surface area contributed by atoms with Gasteiger partial charge in [-0.15, -0.1) is 0 Å². The topological polar surface area (TPSA) is 84.2 Å². The van der Waals surface area contributed by atoms with E-state index in [-0.39, 0.29) is 27.0 Å². The van der Waals surface area contributed by atoms with Gasteiger partial charge in [0.15, 0.2) is 0 Å². The first kappa shape index (κ1) is 20.9. The fourth-order valence-corrected chi connectivity index (χ4v) is 3.90. The molecule has 0 aliphatic carbocycles. The molecule has 8 heteroatoms. The lowest BCUT2D eigenvalue weighted by Gasteiger charge is -2.09. The van der Waals surface area contributed by atoms with Crippen molar-refractivity contribution < 1.29 is 14.7 Å². The summed E-state index contributed by atoms with van der Waals surface area (Å²) in [5.74, 6) is -1.65. The number of aromatic nitrogens is 2. The molecule has 6 nitrogen and oxygen atoms in total. The number of para-hydroxylation sites is 1. The third-order valence-electron chi connectivity index (χ3n) is 5.02. The maximum Gasteiger partial charge on any atom is 0.296 e. The number of nitrogens with zero attached hydrogens (tertiary/aromatic N) is 2. The Balaban J connectivity index is 1.74. The Morgan fingerprint density at radius 3 is 2.48 bits per heavy atom. The molecular weight excluding hydrogens is 437 g/mol. The molecule has 4 rings (SSSR count). The van der Waals surface area contributed by atoms with Crippen LogP contribution in [0, 0.1) is 6.92 Å². The van der Waals surface area contributed by atoms with E-state index < -0.39 is 11.7 Å². The second kappa shape index (κ2) is 8.41. The summed E-state index contributed by atoms with van der Waals surface area (Å²) in [6.07, 6.45) is 4.22. The van der Waals surface area contributed by atoms with Crippen LogP contribution in [0.5, 0.6) is 5.75 Å². The second-order valence-corrected chi connectivity index (χ2v) is 7.85. The summed E-state index contributed by atoms with van der Waals surface area (Å²) < 4.78 is 1.76. The summed E-state index contributed by atoms with van der Waals surface area (Å²) in [5, 5.41) is 13.6. The van der Waals surface area contributed by atoms with Gasteiger partial charge in [0.1, 0.15) is 5.75 Å². The highest BCUT2D eigenvalue weighted by Crippen LogP contribution is 2.32. The predicted molar refractivity (Wildman–Crippen MR) is 121 cm³/mol. The summed E-state index contributed by atoms with van der Waals surface area (Å²) >= 11 is 12.1. The minimum atomic E-state index is -0.895. The minimum Gasteiger partial charge on any atom is -0.506 e. The number of amides is 1. The van der Waals surface area contributed by atoms with E-state index in [0.29, 0.717) is 17.4 Å². The van der Waals surface area contributed by atoms with Crippen LogP contribution in [0.1, 0.15) is 21.5 Å². The summed E-state index contributed by atoms with van der Waals surface area (Å²) in [7, 11) is 0. The van der Waals surface area contributed by atoms with Crippen molar-refractivity contribution in [2.75, 3.05) is 5.32 Å². The summed E-state index contributed by atoms with van der Waals surface area (Å²) in [5.41, 5.74) is 2.86. The average Bonchev–Trinajstić information content (AvgIpc) is 3.11. The van der Waals surface area contributed by atoms with Gasteiger partial charge in [-0.3, -0.25) is 14.6 Å². The summed E-state index contributed by atoms with van der Waals surface area (Å²) in [6, 6.07) is 12.7. The van der Waals surface area contributed by atoms with E-state index in [1.54, 1.807) is 29.0 Å². The molecule has 0 unspecified atom stereocenters. The molecule has 0 spiro atoms. The van der Waals surface area contributed by atoms with Crippen LogP contribution in [0.2, 0.25) is 10.0 Å². The molecule has 0 saturated heterocycles. The number of carbonyl (C=O) groups excluding carboxylic acids is 2. The van der Waals surface area contributed by atoms with E-state index in [1.165, 1.54) is 12.4 Å². The number of Topliss-reactive ketones (excluding diaryl/α,β-unsaturated/α-hetero) is 1. The average molecular weight is 454 g/mol. The Morgan fingerprint density at radius 2 is 1.77 bits per heavy atom. The molecule has 0 fully saturated rings. The molecule has 2 N–H and O–H groups in total. The smallest absolute Gasteiger partial charge is 0.296 e. The molecule has 1 amide bonds. The fraction of sp³-hybridized carbons (Fsp3) is 0.0870. The van der Waals surface area contributed by atoms with E-state index in [0.717, 1.165) is 11.1 Å². The number of pyridine rings is 1. The lowest BCUT2D eigenvalue weighted by Crippen LogP contribution is -2.23. The zero-order valence-electron chi connectivity index (χ0n) is 16.4. The number of rotatable bonds is 5. The zero-order valence-corrected chi connectivity index (χ0v) is 17.9. The van der Waals surface area contributed by atoms with Crippen LogP contribution in [-0.2, 0) is 11.3 Å². The number of ketones is 1. The number of benzene rings is 2. The van der Waals surface area contributed by atoms with Crippen LogP contribution in [0.25, 0.3) is 10.9 Å². The van der Waals surface area contributed by atoms with Gasteiger partial charge in [0.25, 0.3) is 11.7 Å². The SMILES string of the molecule is Cc1ccccc1Cn1cc(C(=O)C(=O)Nc2c(Cl)cncc2Cl)c2cccc(O)c21. The maximum atomic E-state index is 13.0. The highest BCUT2D eigenvalue weighted by atomic mass is 35.5. The number of aromatic hydroxyl groups is 1. The van der Waals surface area contributed by atoms with Crippen LogP contribution >= 0.6 is 23.2 Å². The van der Waals surface area contributed by atoms with E-state index in [1.807, 2.05) is 31.2 Å². The number of anilines is 1. The number of hydrogen-bond acceptors (Lipinski definition) is 4. The number of phenols is 1. The van der Waals surface area contributed by atoms with Gasteiger partial charge in [0.2, 0.25) is 0 Å². The first-order chi connectivity index (χ1) is 14.9. The molecule has 31 heavy (non-hydrogen) atoms. The van der Waals surface area contributed by atoms with Crippen molar-refractivity contribution in [3.05, 3.63) is 87.8 Å². The van der Waals surface area contributed by atoms with Gasteiger partial charge in [-0.2, -0.15) is 0 Å². The minimum absolute atomic E-state index is 0.0192. The van der Waals surface area contributed by atoms with E-state index in [4.69, 9.17) is 23.2 Å². The van der Waals surface area contributed by atoms with Crippen LogP contribution in [0.4, 0.5) is 5.69 Å². The third kappa shape index (κ3) is 4.00. The van der Waals surface area contributed by atoms with E-state index >= 15 is 0 Å². The van der Waals surface area contributed by atoms with Crippen LogP contribution in [0.15, 0.2) is 61.1 Å². The third-order valence-corrected chi connectivity index (χ3v) is 5.59. The molecule has 0 atom stereocenters. The zero-order chi connectivity index (χ0) is 22.1. The van der Waals surface area contributed by atoms with Crippen molar-refractivity contribution in [3.8, 4) is 5.75 Å². The van der Waals surface area contributed by atoms with Gasteiger partial charge in [0, 0.05) is 30.5 Å². The Bertz CT molecular complexity index is 1310. The fourth-order valence-electron chi connectivity index (χ4n) is 3.44. The normalized spacial score (nSPS) is 10.9. The molecule has 156 valence electrons. The van der Waals surface area contributed by atoms with Gasteiger partial charge in [0.05, 0.1) is 26.8 Å². The second-order valence-electron chi connectivity index (χ2n) is 7.03. The first-order valence-electron chi connectivity index (χ1n) is 9.37. The van der Waals surface area contributed by atoms with Crippen LogP contribution in [-0.4, -0.2) is 26.3 Å². The number of aryl methyl sites for hydroxylation is 1. The summed E-state index contributed by atoms with van der Waals surface area (Å²) in [4.78, 5) is 29.5. The van der Waals surface area contributed by atoms with Crippen molar-refractivity contribution in [2.24, 2.45) is 0 Å². The standard InChI is InChI=1S/C23H17Cl2N3O3/c1-13-5-2-3-6-14(13)11-28-12-16(15-7-4-8-19(29)21(15)28)22(30)23(31)27-20-17(24)9-26-10-18(20)25/h2-10,12,29H,11H2,1H3,(H,26,27,31). The number of carbonyl (C=O) groups is 2. The van der Waals surface area contributed by atoms with Gasteiger partial charge in [-0.25, -0.2) is 0 Å². The Labute approximate surface area is 188 Å². The predicted octanol–water partition coefficient (Wildman–Crippen LogP) is 5.23. The Hall–Kier alpha value is -3.35. The number of halogens is 2. The van der Waals surface area contributed by atoms with E-state index in [9.17, 15) is 14.7 Å². The Kier molecular flexibility index (Phi) is 5.67. The van der Waals surface area contributed by atoms with Crippen molar-refractivity contribution in [1.29, 1.82) is 0 Å². The van der Waals surface area contributed by atoms with Crippen molar-refractivity contribution in [3.63, 3.8) is 0 Å². The van der Waals surface area contributed by atoms with Crippen molar-refractivity contribution in [1.82, 2.24) is 9.55 Å². The lowest BCUT2D eigenvalue weighted by molar-refractivity contribution is -0.112. The van der Waals surface area contributed by atoms with Crippen molar-refractivity contribution >= 4 is 51.5 Å². The maximum absolute atomic E-state index is 13.0. The monoisotopic (exact) mass is 453 g/mol. The van der Waals surface area contributed by atoms with Crippen LogP contribution < -0.4 is 5.32 Å². The molecule has 2 aromatic carbocycles. The quantitative estimate of drug-likeness (QED) is 0.320. The molecule has 0 aliphatic rings.